The third-order valence-electron chi connectivity index (χ3n) is 5.50. The second kappa shape index (κ2) is 10.2. The van der Waals surface area contributed by atoms with E-state index in [1.807, 2.05) is 23.3 Å². The number of nitrogens with one attached hydrogen (secondary N) is 2. The number of carbonyl (C=O) groups is 1. The van der Waals surface area contributed by atoms with Gasteiger partial charge < -0.3 is 15.6 Å². The van der Waals surface area contributed by atoms with Gasteiger partial charge in [0.15, 0.2) is 0 Å². The zero-order chi connectivity index (χ0) is 21.7. The Hall–Kier alpha value is -2.22. The highest BCUT2D eigenvalue weighted by Gasteiger charge is 2.37. The fraction of sp³-hybridized carbons (Fsp3) is 0.500. The molecule has 8 heteroatoms. The molecule has 1 atom stereocenters. The number of carbonyl (C=O) groups excluding carboxylic acids is 1. The van der Waals surface area contributed by atoms with Crippen molar-refractivity contribution in [3.05, 3.63) is 46.4 Å². The SMILES string of the molecule is C=C(S/C=C\C)C1=NCC(C(=N)/C=C\CC(F)F)=C2CC(NC(=O)C3CCC3)CN12. The quantitative estimate of drug-likeness (QED) is 0.519. The average Bonchev–Trinajstić information content (AvgIpc) is 3.06. The Morgan fingerprint density at radius 2 is 2.23 bits per heavy atom. The Bertz CT molecular complexity index is 827. The maximum atomic E-state index is 12.4. The number of aliphatic imine (C=N–C) groups is 1. The molecular formula is C22H28F2N4OS. The normalized spacial score (nSPS) is 21.9. The number of rotatable bonds is 9. The minimum atomic E-state index is -2.43. The summed E-state index contributed by atoms with van der Waals surface area (Å²) >= 11 is 1.48. The first-order valence-electron chi connectivity index (χ1n) is 10.3. The lowest BCUT2D eigenvalue weighted by atomic mass is 9.84. The summed E-state index contributed by atoms with van der Waals surface area (Å²) in [5.41, 5.74) is 1.83. The largest absolute Gasteiger partial charge is 0.351 e. The van der Waals surface area contributed by atoms with Crippen molar-refractivity contribution in [2.24, 2.45) is 10.9 Å². The molecule has 0 aromatic rings. The van der Waals surface area contributed by atoms with Gasteiger partial charge in [-0.3, -0.25) is 9.79 Å². The van der Waals surface area contributed by atoms with Crippen LogP contribution in [0.2, 0.25) is 0 Å². The summed E-state index contributed by atoms with van der Waals surface area (Å²) in [5.74, 6) is 0.961. The molecule has 2 N–H and O–H groups in total. The number of allylic oxidation sites excluding steroid dienone is 3. The Kier molecular flexibility index (Phi) is 7.64. The highest BCUT2D eigenvalue weighted by molar-refractivity contribution is 8.06. The number of amidine groups is 1. The molecule has 1 unspecified atom stereocenters. The fourth-order valence-electron chi connectivity index (χ4n) is 3.73. The molecule has 2 aliphatic heterocycles. The third-order valence-corrected chi connectivity index (χ3v) is 6.38. The van der Waals surface area contributed by atoms with Crippen molar-refractivity contribution in [2.75, 3.05) is 13.1 Å². The lowest BCUT2D eigenvalue weighted by Gasteiger charge is -2.29. The maximum absolute atomic E-state index is 12.4. The predicted octanol–water partition coefficient (Wildman–Crippen LogP) is 4.65. The van der Waals surface area contributed by atoms with Crippen LogP contribution in [0.15, 0.2) is 51.4 Å². The zero-order valence-electron chi connectivity index (χ0n) is 17.2. The Balaban J connectivity index is 1.79. The molecule has 2 heterocycles. The van der Waals surface area contributed by atoms with E-state index in [0.29, 0.717) is 25.1 Å². The number of hydrogen-bond donors (Lipinski definition) is 2. The lowest BCUT2D eigenvalue weighted by molar-refractivity contribution is -0.128. The molecule has 1 saturated heterocycles. The van der Waals surface area contributed by atoms with Crippen LogP contribution in [0.3, 0.4) is 0 Å². The van der Waals surface area contributed by atoms with Gasteiger partial charge in [0.25, 0.3) is 0 Å². The molecule has 162 valence electrons. The molecule has 0 aromatic heterocycles. The molecule has 3 rings (SSSR count). The molecule has 30 heavy (non-hydrogen) atoms. The van der Waals surface area contributed by atoms with Gasteiger partial charge in [0.1, 0.15) is 5.84 Å². The summed E-state index contributed by atoms with van der Waals surface area (Å²) in [6.07, 6.45) is 5.47. The van der Waals surface area contributed by atoms with Crippen LogP contribution in [0.4, 0.5) is 8.78 Å². The van der Waals surface area contributed by atoms with Gasteiger partial charge in [0.05, 0.1) is 18.3 Å². The van der Waals surface area contributed by atoms with Crippen molar-refractivity contribution in [3.8, 4) is 0 Å². The number of hydrogen-bond acceptors (Lipinski definition) is 5. The highest BCUT2D eigenvalue weighted by atomic mass is 32.2. The minimum absolute atomic E-state index is 0.0660. The molecule has 0 aromatic carbocycles. The van der Waals surface area contributed by atoms with Crippen LogP contribution in [-0.4, -0.2) is 47.9 Å². The molecule has 0 spiro atoms. The van der Waals surface area contributed by atoms with E-state index in [0.717, 1.165) is 35.7 Å². The van der Waals surface area contributed by atoms with Crippen molar-refractivity contribution in [1.82, 2.24) is 10.2 Å². The van der Waals surface area contributed by atoms with Crippen molar-refractivity contribution in [3.63, 3.8) is 0 Å². The molecule has 3 aliphatic rings. The van der Waals surface area contributed by atoms with E-state index < -0.39 is 6.43 Å². The second-order valence-electron chi connectivity index (χ2n) is 7.67. The van der Waals surface area contributed by atoms with Gasteiger partial charge in [0.2, 0.25) is 12.3 Å². The van der Waals surface area contributed by atoms with Crippen molar-refractivity contribution >= 4 is 29.2 Å². The van der Waals surface area contributed by atoms with E-state index >= 15 is 0 Å². The summed E-state index contributed by atoms with van der Waals surface area (Å²) in [6.45, 7) is 6.93. The summed E-state index contributed by atoms with van der Waals surface area (Å²) < 4.78 is 24.9. The molecule has 1 saturated carbocycles. The van der Waals surface area contributed by atoms with E-state index in [2.05, 4.69) is 16.9 Å². The molecule has 0 bridgehead atoms. The minimum Gasteiger partial charge on any atom is -0.351 e. The highest BCUT2D eigenvalue weighted by Crippen LogP contribution is 2.34. The van der Waals surface area contributed by atoms with Gasteiger partial charge >= 0.3 is 0 Å². The Morgan fingerprint density at radius 3 is 2.87 bits per heavy atom. The predicted molar refractivity (Wildman–Crippen MR) is 119 cm³/mol. The van der Waals surface area contributed by atoms with Crippen LogP contribution >= 0.6 is 11.8 Å². The number of halogens is 2. The molecule has 1 aliphatic carbocycles. The monoisotopic (exact) mass is 434 g/mol. The van der Waals surface area contributed by atoms with Gasteiger partial charge in [0, 0.05) is 41.5 Å². The first-order chi connectivity index (χ1) is 14.4. The summed E-state index contributed by atoms with van der Waals surface area (Å²) in [6, 6.07) is -0.0660. The van der Waals surface area contributed by atoms with Crippen LogP contribution in [-0.2, 0) is 4.79 Å². The number of amides is 1. The van der Waals surface area contributed by atoms with E-state index in [1.54, 1.807) is 0 Å². The maximum Gasteiger partial charge on any atom is 0.242 e. The van der Waals surface area contributed by atoms with Gasteiger partial charge in [-0.15, -0.1) is 0 Å². The molecule has 1 amide bonds. The van der Waals surface area contributed by atoms with E-state index in [4.69, 9.17) is 5.41 Å². The zero-order valence-corrected chi connectivity index (χ0v) is 18.0. The number of thioether (sulfide) groups is 1. The van der Waals surface area contributed by atoms with Gasteiger partial charge in [-0.05, 0) is 31.2 Å². The Morgan fingerprint density at radius 1 is 1.47 bits per heavy atom. The third kappa shape index (κ3) is 5.28. The van der Waals surface area contributed by atoms with E-state index in [1.165, 1.54) is 23.9 Å². The van der Waals surface area contributed by atoms with Crippen LogP contribution in [0, 0.1) is 11.3 Å². The average molecular weight is 435 g/mol. The summed E-state index contributed by atoms with van der Waals surface area (Å²) in [7, 11) is 0. The smallest absolute Gasteiger partial charge is 0.242 e. The van der Waals surface area contributed by atoms with E-state index in [-0.39, 0.29) is 30.0 Å². The second-order valence-corrected chi connectivity index (χ2v) is 8.67. The Labute approximate surface area is 180 Å². The van der Waals surface area contributed by atoms with Crippen LogP contribution < -0.4 is 5.32 Å². The fourth-order valence-corrected chi connectivity index (χ4v) is 4.31. The van der Waals surface area contributed by atoms with Crippen LogP contribution in [0.25, 0.3) is 0 Å². The van der Waals surface area contributed by atoms with E-state index in [9.17, 15) is 13.6 Å². The molecule has 5 nitrogen and oxygen atoms in total. The molecular weight excluding hydrogens is 406 g/mol. The number of fused-ring (bicyclic) bond motifs is 1. The van der Waals surface area contributed by atoms with Crippen molar-refractivity contribution < 1.29 is 13.6 Å². The van der Waals surface area contributed by atoms with Gasteiger partial charge in [-0.2, -0.15) is 0 Å². The first-order valence-corrected chi connectivity index (χ1v) is 11.1. The standard InChI is InChI=1S/C22H28F2N4OS/c1-3-10-30-14(2)21-26-12-17(18(25)8-5-9-20(23)24)19-11-16(13-28(19)21)27-22(29)15-6-4-7-15/h3,5,8,10,15-16,20,25H,2,4,6-7,9,11-13H2,1H3,(H,27,29)/b8-5-,10-3-,25-18?. The molecule has 2 fully saturated rings. The van der Waals surface area contributed by atoms with Crippen LogP contribution in [0.5, 0.6) is 0 Å². The van der Waals surface area contributed by atoms with Gasteiger partial charge in [-0.25, -0.2) is 8.78 Å². The summed E-state index contributed by atoms with van der Waals surface area (Å²) in [4.78, 5) is 19.9. The van der Waals surface area contributed by atoms with Crippen LogP contribution in [0.1, 0.15) is 39.0 Å². The number of nitrogens with zero attached hydrogens (tertiary/aromatic N) is 2. The number of alkyl halides is 2. The summed E-state index contributed by atoms with van der Waals surface area (Å²) in [5, 5.41) is 13.5. The van der Waals surface area contributed by atoms with Crippen molar-refractivity contribution in [2.45, 2.75) is 51.5 Å². The van der Waals surface area contributed by atoms with Crippen molar-refractivity contribution in [1.29, 1.82) is 5.41 Å². The first kappa shape index (κ1) is 22.5. The van der Waals surface area contributed by atoms with Gasteiger partial charge in [-0.1, -0.05) is 36.9 Å². The topological polar surface area (TPSA) is 68.5 Å². The molecule has 0 radical (unpaired) electrons. The lowest BCUT2D eigenvalue weighted by Crippen LogP contribution is -2.43.